The first kappa shape index (κ1) is 15.9. The highest BCUT2D eigenvalue weighted by molar-refractivity contribution is 5.93. The molecule has 5 nitrogen and oxygen atoms in total. The predicted molar refractivity (Wildman–Crippen MR) is 78.5 cm³/mol. The summed E-state index contributed by atoms with van der Waals surface area (Å²) in [5, 5.41) is 3.66. The van der Waals surface area contributed by atoms with Gasteiger partial charge in [-0.15, -0.1) is 0 Å². The first-order chi connectivity index (χ1) is 11.4. The Morgan fingerprint density at radius 1 is 1.33 bits per heavy atom. The standard InChI is InChI=1S/C16H20F3N3O2/c17-16(18,19)13-8-12(22(20-13)11-2-3-11)14(23)21-6-5-15(9-21)4-1-7-24-10-15/h8,11H,1-7,9-10H2. The maximum Gasteiger partial charge on any atom is 0.435 e. The van der Waals surface area contributed by atoms with Gasteiger partial charge in [0.25, 0.3) is 5.91 Å². The molecule has 1 aromatic heterocycles. The van der Waals surface area contributed by atoms with Crippen molar-refractivity contribution in [3.05, 3.63) is 17.5 Å². The minimum Gasteiger partial charge on any atom is -0.381 e. The maximum absolute atomic E-state index is 13.0. The first-order valence-electron chi connectivity index (χ1n) is 8.42. The van der Waals surface area contributed by atoms with Crippen molar-refractivity contribution >= 4 is 5.91 Å². The Morgan fingerprint density at radius 3 is 2.75 bits per heavy atom. The fraction of sp³-hybridized carbons (Fsp3) is 0.750. The van der Waals surface area contributed by atoms with Crippen LogP contribution in [-0.4, -0.2) is 46.9 Å². The van der Waals surface area contributed by atoms with Gasteiger partial charge in [0.05, 0.1) is 12.6 Å². The van der Waals surface area contributed by atoms with Crippen molar-refractivity contribution in [2.75, 3.05) is 26.3 Å². The van der Waals surface area contributed by atoms with Crippen molar-refractivity contribution < 1.29 is 22.7 Å². The van der Waals surface area contributed by atoms with E-state index < -0.39 is 11.9 Å². The molecular weight excluding hydrogens is 323 g/mol. The lowest BCUT2D eigenvalue weighted by molar-refractivity contribution is -0.141. The average molecular weight is 343 g/mol. The summed E-state index contributed by atoms with van der Waals surface area (Å²) >= 11 is 0. The molecule has 1 unspecified atom stereocenters. The summed E-state index contributed by atoms with van der Waals surface area (Å²) in [5.74, 6) is -0.340. The monoisotopic (exact) mass is 343 g/mol. The molecule has 1 aliphatic carbocycles. The summed E-state index contributed by atoms with van der Waals surface area (Å²) in [5.41, 5.74) is -0.933. The summed E-state index contributed by atoms with van der Waals surface area (Å²) in [6.07, 6.45) is -0.151. The molecule has 2 aliphatic heterocycles. The Kier molecular flexibility index (Phi) is 3.63. The largest absolute Gasteiger partial charge is 0.435 e. The Labute approximate surface area is 137 Å². The third kappa shape index (κ3) is 2.81. The average Bonchev–Trinajstić information content (AvgIpc) is 3.15. The minimum absolute atomic E-state index is 0.0226. The number of alkyl halides is 3. The molecule has 3 fully saturated rings. The van der Waals surface area contributed by atoms with Crippen LogP contribution in [0.15, 0.2) is 6.07 Å². The lowest BCUT2D eigenvalue weighted by Gasteiger charge is -2.32. The number of rotatable bonds is 2. The molecule has 1 spiro atoms. The van der Waals surface area contributed by atoms with Gasteiger partial charge in [-0.2, -0.15) is 18.3 Å². The number of aromatic nitrogens is 2. The zero-order valence-electron chi connectivity index (χ0n) is 13.3. The Morgan fingerprint density at radius 2 is 2.12 bits per heavy atom. The van der Waals surface area contributed by atoms with Crippen LogP contribution >= 0.6 is 0 Å². The van der Waals surface area contributed by atoms with E-state index in [1.807, 2.05) is 0 Å². The van der Waals surface area contributed by atoms with Gasteiger partial charge in [0.2, 0.25) is 0 Å². The van der Waals surface area contributed by atoms with E-state index in [2.05, 4.69) is 5.10 Å². The van der Waals surface area contributed by atoms with Gasteiger partial charge in [-0.3, -0.25) is 9.48 Å². The molecule has 8 heteroatoms. The summed E-state index contributed by atoms with van der Waals surface area (Å²) in [6, 6.07) is 0.831. The minimum atomic E-state index is -4.53. The normalized spacial score (nSPS) is 27.9. The predicted octanol–water partition coefficient (Wildman–Crippen LogP) is 2.88. The van der Waals surface area contributed by atoms with E-state index in [9.17, 15) is 18.0 Å². The van der Waals surface area contributed by atoms with Crippen LogP contribution in [0.5, 0.6) is 0 Å². The van der Waals surface area contributed by atoms with Crippen molar-refractivity contribution in [3.63, 3.8) is 0 Å². The lowest BCUT2D eigenvalue weighted by atomic mass is 9.82. The van der Waals surface area contributed by atoms with Crippen molar-refractivity contribution in [3.8, 4) is 0 Å². The molecule has 0 bridgehead atoms. The van der Waals surface area contributed by atoms with Crippen molar-refractivity contribution in [1.29, 1.82) is 0 Å². The molecule has 132 valence electrons. The van der Waals surface area contributed by atoms with Crippen molar-refractivity contribution in [2.24, 2.45) is 5.41 Å². The second-order valence-corrected chi connectivity index (χ2v) is 7.22. The van der Waals surface area contributed by atoms with E-state index in [4.69, 9.17) is 4.74 Å². The fourth-order valence-corrected chi connectivity index (χ4v) is 3.79. The highest BCUT2D eigenvalue weighted by atomic mass is 19.4. The van der Waals surface area contributed by atoms with Crippen molar-refractivity contribution in [2.45, 2.75) is 44.3 Å². The van der Waals surface area contributed by atoms with Crippen LogP contribution in [0, 0.1) is 5.41 Å². The van der Waals surface area contributed by atoms with Crippen LogP contribution in [0.25, 0.3) is 0 Å². The Bertz CT molecular complexity index is 645. The molecule has 2 saturated heterocycles. The summed E-state index contributed by atoms with van der Waals surface area (Å²) < 4.78 is 45.8. The molecule has 0 aromatic carbocycles. The number of ether oxygens (including phenoxy) is 1. The van der Waals surface area contributed by atoms with E-state index in [-0.39, 0.29) is 23.1 Å². The van der Waals surface area contributed by atoms with Gasteiger partial charge in [-0.1, -0.05) is 0 Å². The number of likely N-dealkylation sites (tertiary alicyclic amines) is 1. The van der Waals surface area contributed by atoms with Gasteiger partial charge in [-0.05, 0) is 32.1 Å². The molecule has 4 rings (SSSR count). The number of carbonyl (C=O) groups is 1. The van der Waals surface area contributed by atoms with Crippen molar-refractivity contribution in [1.82, 2.24) is 14.7 Å². The van der Waals surface area contributed by atoms with Gasteiger partial charge in [0.15, 0.2) is 5.69 Å². The number of nitrogens with zero attached hydrogens (tertiary/aromatic N) is 3. The topological polar surface area (TPSA) is 47.4 Å². The summed E-state index contributed by atoms with van der Waals surface area (Å²) in [4.78, 5) is 14.5. The highest BCUT2D eigenvalue weighted by Crippen LogP contribution is 2.41. The van der Waals surface area contributed by atoms with Gasteiger partial charge in [-0.25, -0.2) is 0 Å². The molecule has 0 radical (unpaired) electrons. The number of amides is 1. The van der Waals surface area contributed by atoms with Crippen LogP contribution in [0.3, 0.4) is 0 Å². The highest BCUT2D eigenvalue weighted by Gasteiger charge is 2.44. The first-order valence-corrected chi connectivity index (χ1v) is 8.42. The number of halogens is 3. The third-order valence-corrected chi connectivity index (χ3v) is 5.27. The van der Waals surface area contributed by atoms with Gasteiger partial charge < -0.3 is 9.64 Å². The van der Waals surface area contributed by atoms with Crippen LogP contribution in [0.2, 0.25) is 0 Å². The third-order valence-electron chi connectivity index (χ3n) is 5.27. The number of hydrogen-bond acceptors (Lipinski definition) is 3. The number of hydrogen-bond donors (Lipinski definition) is 0. The second kappa shape index (κ2) is 5.47. The van der Waals surface area contributed by atoms with Crippen LogP contribution < -0.4 is 0 Å². The summed E-state index contributed by atoms with van der Waals surface area (Å²) in [7, 11) is 0. The molecule has 3 aliphatic rings. The maximum atomic E-state index is 13.0. The van der Waals surface area contributed by atoms with E-state index in [1.165, 1.54) is 4.68 Å². The molecule has 1 saturated carbocycles. The number of carbonyl (C=O) groups excluding carboxylic acids is 1. The lowest BCUT2D eigenvalue weighted by Crippen LogP contribution is -2.37. The van der Waals surface area contributed by atoms with Crippen LogP contribution in [0.1, 0.15) is 54.3 Å². The van der Waals surface area contributed by atoms with E-state index >= 15 is 0 Å². The molecule has 24 heavy (non-hydrogen) atoms. The quantitative estimate of drug-likeness (QED) is 0.830. The van der Waals surface area contributed by atoms with E-state index in [0.29, 0.717) is 19.7 Å². The van der Waals surface area contributed by atoms with E-state index in [1.54, 1.807) is 4.90 Å². The summed E-state index contributed by atoms with van der Waals surface area (Å²) in [6.45, 7) is 2.51. The van der Waals surface area contributed by atoms with Crippen LogP contribution in [-0.2, 0) is 10.9 Å². The van der Waals surface area contributed by atoms with E-state index in [0.717, 1.165) is 44.8 Å². The zero-order valence-corrected chi connectivity index (χ0v) is 13.3. The zero-order chi connectivity index (χ0) is 16.9. The molecule has 1 amide bonds. The molecular formula is C16H20F3N3O2. The fourth-order valence-electron chi connectivity index (χ4n) is 3.79. The smallest absolute Gasteiger partial charge is 0.381 e. The molecule has 1 atom stereocenters. The Hall–Kier alpha value is -1.57. The van der Waals surface area contributed by atoms with Gasteiger partial charge in [0.1, 0.15) is 5.69 Å². The molecule has 1 aromatic rings. The molecule has 3 heterocycles. The second-order valence-electron chi connectivity index (χ2n) is 7.22. The van der Waals surface area contributed by atoms with Gasteiger partial charge in [0, 0.05) is 31.2 Å². The Balaban J connectivity index is 1.57. The van der Waals surface area contributed by atoms with Crippen LogP contribution in [0.4, 0.5) is 13.2 Å². The molecule has 0 N–H and O–H groups in total. The SMILES string of the molecule is O=C(c1cc(C(F)(F)F)nn1C1CC1)N1CCC2(CCCOC2)C1. The van der Waals surface area contributed by atoms with Gasteiger partial charge >= 0.3 is 6.18 Å².